The Hall–Kier alpha value is -3.78. The molecule has 6 unspecified atom stereocenters. The number of phosphoric ester groups is 2. The average molecular weight is 1560 g/mol. The summed E-state index contributed by atoms with van der Waals surface area (Å²) < 4.78 is 116. The Morgan fingerprint density at radius 3 is 1.38 bits per heavy atom. The van der Waals surface area contributed by atoms with Gasteiger partial charge in [-0.25, -0.2) is 13.9 Å². The summed E-state index contributed by atoms with van der Waals surface area (Å²) in [6.45, 7) is 25.5. The summed E-state index contributed by atoms with van der Waals surface area (Å²) in [4.78, 5) is 69.7. The van der Waals surface area contributed by atoms with Crippen LogP contribution >= 0.6 is 15.6 Å². The minimum Gasteiger partial charge on any atom is -0.430 e. The third kappa shape index (κ3) is 46.7. The molecule has 0 aromatic heterocycles. The zero-order valence-corrected chi connectivity index (χ0v) is 68.5. The number of rotatable bonds is 74. The van der Waals surface area contributed by atoms with E-state index in [4.69, 9.17) is 74.8 Å². The summed E-state index contributed by atoms with van der Waals surface area (Å²) in [6.07, 6.45) is 33.2. The van der Waals surface area contributed by atoms with Gasteiger partial charge in [-0.15, -0.1) is 26.3 Å². The first-order chi connectivity index (χ1) is 52.1. The highest BCUT2D eigenvalue weighted by molar-refractivity contribution is 7.48. The number of Topliss-reactive ketones (excluding diaryl/α,β-unsaturated/α-hetero) is 1. The monoisotopic (exact) mass is 1560 g/mol. The second-order valence-electron chi connectivity index (χ2n) is 27.7. The zero-order valence-electron chi connectivity index (χ0n) is 66.7. The van der Waals surface area contributed by atoms with E-state index in [0.29, 0.717) is 25.7 Å². The molecular formula is C81H144N2O22P2. The quantitative estimate of drug-likeness (QED) is 0.0109. The van der Waals surface area contributed by atoms with E-state index >= 15 is 0 Å². The molecule has 107 heavy (non-hydrogen) atoms. The first-order valence-corrected chi connectivity index (χ1v) is 43.7. The van der Waals surface area contributed by atoms with E-state index < -0.39 is 102 Å². The Bertz CT molecular complexity index is 2430. The number of hydrogen-bond acceptors (Lipinski definition) is 22. The minimum absolute atomic E-state index is 0.00122. The van der Waals surface area contributed by atoms with Crippen LogP contribution in [-0.2, 0) is 98.3 Å². The smallest absolute Gasteiger partial charge is 0.430 e. The van der Waals surface area contributed by atoms with E-state index in [1.165, 1.54) is 88.9 Å². The lowest BCUT2D eigenvalue weighted by molar-refractivity contribution is -0.483. The van der Waals surface area contributed by atoms with Crippen LogP contribution < -0.4 is 10.6 Å². The Balaban J connectivity index is 2.92. The van der Waals surface area contributed by atoms with Crippen molar-refractivity contribution in [2.75, 3.05) is 67.1 Å². The fraction of sp³-hybridized carbons (Fsp3) is 0.802. The molecule has 2 aliphatic heterocycles. The lowest BCUT2D eigenvalue weighted by atomic mass is 9.96. The number of unbranched alkanes of at least 4 members (excludes halogenated alkanes) is 30. The Morgan fingerprint density at radius 1 is 0.439 bits per heavy atom. The minimum atomic E-state index is -4.79. The van der Waals surface area contributed by atoms with E-state index in [1.807, 2.05) is 0 Å². The second-order valence-corrected chi connectivity index (χ2v) is 31.0. The van der Waals surface area contributed by atoms with Gasteiger partial charge in [-0.05, 0) is 57.8 Å². The highest BCUT2D eigenvalue weighted by Gasteiger charge is 2.56. The number of ketones is 1. The van der Waals surface area contributed by atoms with Gasteiger partial charge in [0, 0.05) is 40.3 Å². The summed E-state index contributed by atoms with van der Waals surface area (Å²) in [5, 5.41) is 5.93. The molecule has 0 aromatic rings. The fourth-order valence-electron chi connectivity index (χ4n) is 12.5. The molecule has 24 nitrogen and oxygen atoms in total. The van der Waals surface area contributed by atoms with Crippen molar-refractivity contribution in [2.24, 2.45) is 0 Å². The van der Waals surface area contributed by atoms with Gasteiger partial charge in [0.25, 0.3) is 0 Å². The Morgan fingerprint density at radius 2 is 0.869 bits per heavy atom. The third-order valence-corrected chi connectivity index (χ3v) is 21.3. The molecule has 0 bridgehead atoms. The van der Waals surface area contributed by atoms with Gasteiger partial charge in [-0.3, -0.25) is 41.5 Å². The number of amides is 2. The van der Waals surface area contributed by atoms with Crippen molar-refractivity contribution in [2.45, 2.75) is 352 Å². The predicted octanol–water partition coefficient (Wildman–Crippen LogP) is 19.7. The molecule has 26 heteroatoms. The molecule has 2 amide bonds. The first kappa shape index (κ1) is 99.3. The van der Waals surface area contributed by atoms with Crippen molar-refractivity contribution in [1.29, 1.82) is 0 Å². The highest BCUT2D eigenvalue weighted by atomic mass is 31.2. The standard InChI is InChI=1S/C81H144N2O22P2/c1-12-21-25-29-32-35-36-37-38-39-40-42-44-48-52-56-70(85)82-72-75(93-64-57-68(91-11)55-51-46-28-24-15-4)74(104-106(88,95-59-17-6)96-60-18-7)69(66-90-10)99-78(72)102-103-80-77(100-81(87)94-58-16-5)76(92-63-53-49-45-34-31-27-23-14-3)73(79(101-80)105-107(89,97-61-19-8)98-62-20-9)83-71(86)65-67(84)54-50-47-43-41-33-30-26-22-13-2/h16-20,35-36,68-69,72-80H,5-9,12-15,21-34,37-66H2,1-4,10-11H3,(H,82,85)(H,83,86)/b36-35-/t68?,69?,72-,73-,74-,75?,76?,77+,78?,79-,80?/m1/s1. The summed E-state index contributed by atoms with van der Waals surface area (Å²) in [6, 6.07) is -3.01. The van der Waals surface area contributed by atoms with Gasteiger partial charge in [0.15, 0.2) is 12.4 Å². The number of ether oxygens (including phenoxy) is 8. The lowest BCUT2D eigenvalue weighted by Crippen LogP contribution is -2.68. The van der Waals surface area contributed by atoms with Gasteiger partial charge in [-0.2, -0.15) is 9.78 Å². The van der Waals surface area contributed by atoms with Gasteiger partial charge >= 0.3 is 21.8 Å². The normalized spacial score (nSPS) is 20.7. The maximum atomic E-state index is 14.9. The van der Waals surface area contributed by atoms with Crippen LogP contribution in [0.3, 0.4) is 0 Å². The maximum absolute atomic E-state index is 14.9. The van der Waals surface area contributed by atoms with Gasteiger partial charge in [-0.1, -0.05) is 257 Å². The van der Waals surface area contributed by atoms with Crippen molar-refractivity contribution in [1.82, 2.24) is 10.6 Å². The Kier molecular flexibility index (Phi) is 61.0. The molecule has 11 atom stereocenters. The molecule has 0 saturated carbocycles. The Labute approximate surface area is 644 Å². The number of methoxy groups -OCH3 is 2. The largest absolute Gasteiger partial charge is 0.509 e. The molecule has 0 aliphatic carbocycles. The average Bonchev–Trinajstić information content (AvgIpc) is 0.778. The summed E-state index contributed by atoms with van der Waals surface area (Å²) in [7, 11) is -6.33. The highest BCUT2D eigenvalue weighted by Crippen LogP contribution is 2.54. The number of carbonyl (C=O) groups excluding carboxylic acids is 4. The van der Waals surface area contributed by atoms with Crippen molar-refractivity contribution < 1.29 is 103 Å². The molecule has 2 saturated heterocycles. The van der Waals surface area contributed by atoms with Crippen LogP contribution in [-0.4, -0.2) is 158 Å². The molecule has 620 valence electrons. The summed E-state index contributed by atoms with van der Waals surface area (Å²) in [5.41, 5.74) is 0. The number of carbonyl (C=O) groups is 4. The molecule has 0 aromatic carbocycles. The maximum Gasteiger partial charge on any atom is 0.509 e. The SMILES string of the molecule is C=CCOC(=O)O[C@@H]1C(OOC2OC(COC)[C@@H](OP(=O)(OCC=C)OCC=C)C(OCCC(CCCCCCC)OC)[C@H]2NC(=O)CCCCCCCCC/C=C\CCCCCC)O[C@H](OP(=O)(OCC=C)OCC=C)[C@H](NC(=O)CC(=O)CCCCCCCCCCC)C1OCCCCCCCCCC. The van der Waals surface area contributed by atoms with Crippen LogP contribution in [0.25, 0.3) is 0 Å². The number of phosphoric acid groups is 2. The second kappa shape index (κ2) is 65.7. The molecule has 0 spiro atoms. The molecule has 2 N–H and O–H groups in total. The van der Waals surface area contributed by atoms with Crippen LogP contribution in [0.15, 0.2) is 75.4 Å². The van der Waals surface area contributed by atoms with Crippen LogP contribution in [0.4, 0.5) is 4.79 Å². The molecule has 2 aliphatic rings. The number of hydrogen-bond donors (Lipinski definition) is 2. The van der Waals surface area contributed by atoms with Gasteiger partial charge in [0.05, 0.1) is 45.6 Å². The zero-order chi connectivity index (χ0) is 78.3. The third-order valence-electron chi connectivity index (χ3n) is 18.4. The number of allylic oxidation sites excluding steroid dienone is 2. The van der Waals surface area contributed by atoms with Crippen molar-refractivity contribution in [3.8, 4) is 0 Å². The van der Waals surface area contributed by atoms with E-state index in [9.17, 15) is 28.3 Å². The van der Waals surface area contributed by atoms with Crippen LogP contribution in [0.2, 0.25) is 0 Å². The molecule has 0 radical (unpaired) electrons. The van der Waals surface area contributed by atoms with E-state index in [-0.39, 0.29) is 77.6 Å². The summed E-state index contributed by atoms with van der Waals surface area (Å²) >= 11 is 0. The van der Waals surface area contributed by atoms with Crippen molar-refractivity contribution in [3.63, 3.8) is 0 Å². The van der Waals surface area contributed by atoms with E-state index in [2.05, 4.69) is 83.4 Å². The van der Waals surface area contributed by atoms with Crippen LogP contribution in [0.5, 0.6) is 0 Å². The van der Waals surface area contributed by atoms with Crippen LogP contribution in [0, 0.1) is 0 Å². The van der Waals surface area contributed by atoms with Gasteiger partial charge in [0.2, 0.25) is 24.4 Å². The van der Waals surface area contributed by atoms with Crippen molar-refractivity contribution in [3.05, 3.63) is 75.4 Å². The fourth-order valence-corrected chi connectivity index (χ4v) is 15.1. The van der Waals surface area contributed by atoms with Gasteiger partial charge < -0.3 is 48.5 Å². The van der Waals surface area contributed by atoms with Crippen LogP contribution in [0.1, 0.15) is 285 Å². The molecule has 2 heterocycles. The lowest BCUT2D eigenvalue weighted by Gasteiger charge is -2.47. The number of nitrogens with one attached hydrogen (secondary N) is 2. The van der Waals surface area contributed by atoms with Gasteiger partial charge in [0.1, 0.15) is 48.9 Å². The first-order valence-electron chi connectivity index (χ1n) is 40.8. The topological polar surface area (TPSA) is 274 Å². The molecule has 2 fully saturated rings. The predicted molar refractivity (Wildman–Crippen MR) is 419 cm³/mol. The van der Waals surface area contributed by atoms with Crippen molar-refractivity contribution >= 4 is 39.4 Å². The summed E-state index contributed by atoms with van der Waals surface area (Å²) in [5.74, 6) is -1.56. The molecular weight excluding hydrogens is 1410 g/mol. The molecule has 2 rings (SSSR count). The van der Waals surface area contributed by atoms with E-state index in [0.717, 1.165) is 161 Å². The van der Waals surface area contributed by atoms with E-state index in [1.54, 1.807) is 7.11 Å².